The molecule has 1 heterocycles. The Morgan fingerprint density at radius 2 is 1.29 bits per heavy atom. The maximum absolute atomic E-state index is 11.5. The average Bonchev–Trinajstić information content (AvgIpc) is 2.77. The van der Waals surface area contributed by atoms with E-state index >= 15 is 0 Å². The molecule has 0 aliphatic heterocycles. The van der Waals surface area contributed by atoms with Gasteiger partial charge in [-0.1, -0.05) is 102 Å². The number of hydrogen-bond donors (Lipinski definition) is 0. The molecule has 1 aromatic heterocycles. The number of unbranched alkanes of at least 4 members (excludes halogenated alkanes) is 10. The van der Waals surface area contributed by atoms with Crippen LogP contribution in [0.15, 0.2) is 10.3 Å². The normalized spacial score (nSPS) is 10.7. The van der Waals surface area contributed by atoms with E-state index in [1.54, 1.807) is 29.6 Å². The lowest BCUT2D eigenvalue weighted by Crippen LogP contribution is -2.08. The maximum atomic E-state index is 11.5. The molecule has 0 unspecified atom stereocenters. The van der Waals surface area contributed by atoms with Gasteiger partial charge < -0.3 is 4.74 Å². The van der Waals surface area contributed by atoms with Crippen LogP contribution in [0.25, 0.3) is 0 Å². The lowest BCUT2D eigenvalue weighted by Gasteiger charge is -2.07. The number of nitriles is 1. The van der Waals surface area contributed by atoms with Crippen molar-refractivity contribution in [2.45, 2.75) is 114 Å². The van der Waals surface area contributed by atoms with Crippen molar-refractivity contribution >= 4 is 29.5 Å². The molecule has 0 saturated heterocycles. The molecular weight excluding hydrogens is 428 g/mol. The van der Waals surface area contributed by atoms with Crippen molar-refractivity contribution in [3.8, 4) is 6.07 Å². The summed E-state index contributed by atoms with van der Waals surface area (Å²) < 4.78 is 5.11. The summed E-state index contributed by atoms with van der Waals surface area (Å²) in [5, 5.41) is 9.99. The van der Waals surface area contributed by atoms with E-state index < -0.39 is 5.97 Å². The Morgan fingerprint density at radius 1 is 0.806 bits per heavy atom. The third-order valence-corrected chi connectivity index (χ3v) is 6.55. The van der Waals surface area contributed by atoms with Crippen molar-refractivity contribution in [1.82, 2.24) is 15.0 Å². The Morgan fingerprint density at radius 3 is 1.77 bits per heavy atom. The molecule has 0 aliphatic rings. The summed E-state index contributed by atoms with van der Waals surface area (Å²) in [7, 11) is 0. The minimum Gasteiger partial charge on any atom is -0.457 e. The first kappa shape index (κ1) is 27.7. The minimum atomic E-state index is -0.550. The zero-order valence-corrected chi connectivity index (χ0v) is 20.9. The van der Waals surface area contributed by atoms with Gasteiger partial charge in [0.15, 0.2) is 22.7 Å². The van der Waals surface area contributed by atoms with E-state index in [4.69, 9.17) is 10.00 Å². The second-order valence-electron chi connectivity index (χ2n) is 7.54. The minimum absolute atomic E-state index is 0.0157. The van der Waals surface area contributed by atoms with Crippen LogP contribution in [-0.2, 0) is 16.1 Å². The van der Waals surface area contributed by atoms with Gasteiger partial charge in [-0.2, -0.15) is 10.2 Å². The monoisotopic (exact) mass is 466 g/mol. The number of hydrogen-bond acceptors (Lipinski definition) is 8. The van der Waals surface area contributed by atoms with E-state index in [9.17, 15) is 4.79 Å². The predicted molar refractivity (Wildman–Crippen MR) is 128 cm³/mol. The topological polar surface area (TPSA) is 88.8 Å². The summed E-state index contributed by atoms with van der Waals surface area (Å²) in [5.74, 6) is 1.86. The van der Waals surface area contributed by atoms with Crippen molar-refractivity contribution in [1.29, 1.82) is 5.26 Å². The Hall–Kier alpha value is -1.33. The van der Waals surface area contributed by atoms with Crippen LogP contribution in [0.2, 0.25) is 0 Å². The molecule has 0 N–H and O–H groups in total. The van der Waals surface area contributed by atoms with E-state index in [0.717, 1.165) is 24.3 Å². The van der Waals surface area contributed by atoms with Gasteiger partial charge >= 0.3 is 5.97 Å². The summed E-state index contributed by atoms with van der Waals surface area (Å²) >= 11 is 3.28. The fourth-order valence-electron chi connectivity index (χ4n) is 2.92. The lowest BCUT2D eigenvalue weighted by atomic mass is 10.1. The van der Waals surface area contributed by atoms with E-state index in [1.807, 2.05) is 0 Å². The number of rotatable bonds is 19. The molecule has 174 valence electrons. The fraction of sp³-hybridized carbons (Fsp3) is 0.783. The summed E-state index contributed by atoms with van der Waals surface area (Å²) in [6.07, 6.45) is 14.8. The molecule has 1 rings (SSSR count). The number of aromatic nitrogens is 3. The average molecular weight is 467 g/mol. The van der Waals surface area contributed by atoms with Gasteiger partial charge in [0.1, 0.15) is 6.42 Å². The second kappa shape index (κ2) is 19.4. The zero-order chi connectivity index (χ0) is 22.6. The highest BCUT2D eigenvalue weighted by Crippen LogP contribution is 2.22. The molecule has 0 aliphatic carbocycles. The first-order valence-corrected chi connectivity index (χ1v) is 13.7. The fourth-order valence-corrected chi connectivity index (χ4v) is 4.69. The third kappa shape index (κ3) is 15.2. The summed E-state index contributed by atoms with van der Waals surface area (Å²) in [6.45, 7) is 4.44. The Labute approximate surface area is 196 Å². The third-order valence-electron chi connectivity index (χ3n) is 4.68. The number of carbonyl (C=O) groups is 1. The van der Waals surface area contributed by atoms with Gasteiger partial charge in [-0.05, 0) is 12.8 Å². The quantitative estimate of drug-likeness (QED) is 0.126. The van der Waals surface area contributed by atoms with Crippen LogP contribution in [0.3, 0.4) is 0 Å². The Balaban J connectivity index is 2.52. The summed E-state index contributed by atoms with van der Waals surface area (Å²) in [6, 6.07) is 1.80. The van der Waals surface area contributed by atoms with Gasteiger partial charge in [-0.25, -0.2) is 9.97 Å². The number of ether oxygens (including phenoxy) is 1. The molecule has 0 aromatic carbocycles. The Kier molecular flexibility index (Phi) is 17.3. The second-order valence-corrected chi connectivity index (χ2v) is 9.67. The van der Waals surface area contributed by atoms with E-state index in [1.165, 1.54) is 64.2 Å². The maximum Gasteiger partial charge on any atom is 0.320 e. The number of thioether (sulfide) groups is 2. The van der Waals surface area contributed by atoms with Crippen molar-refractivity contribution in [2.75, 3.05) is 11.5 Å². The molecule has 0 fully saturated rings. The van der Waals surface area contributed by atoms with Crippen LogP contribution in [0.5, 0.6) is 0 Å². The van der Waals surface area contributed by atoms with E-state index in [0.29, 0.717) is 16.1 Å². The first-order chi connectivity index (χ1) is 15.2. The van der Waals surface area contributed by atoms with Gasteiger partial charge in [-0.15, -0.1) is 0 Å². The van der Waals surface area contributed by atoms with Crippen LogP contribution >= 0.6 is 23.5 Å². The molecule has 0 saturated carbocycles. The van der Waals surface area contributed by atoms with Crippen molar-refractivity contribution in [3.05, 3.63) is 5.82 Å². The molecule has 0 atom stereocenters. The largest absolute Gasteiger partial charge is 0.457 e. The van der Waals surface area contributed by atoms with Gasteiger partial charge in [-0.3, -0.25) is 4.79 Å². The van der Waals surface area contributed by atoms with Crippen LogP contribution in [0.1, 0.15) is 103 Å². The van der Waals surface area contributed by atoms with Gasteiger partial charge in [0.2, 0.25) is 0 Å². The van der Waals surface area contributed by atoms with Crippen molar-refractivity contribution in [3.63, 3.8) is 0 Å². The Bertz CT molecular complexity index is 617. The number of esters is 1. The van der Waals surface area contributed by atoms with E-state index in [-0.39, 0.29) is 13.0 Å². The predicted octanol–water partition coefficient (Wildman–Crippen LogP) is 6.73. The molecule has 0 amide bonds. The highest BCUT2D eigenvalue weighted by atomic mass is 32.2. The molecule has 0 spiro atoms. The first-order valence-electron chi connectivity index (χ1n) is 11.7. The van der Waals surface area contributed by atoms with Crippen LogP contribution in [-0.4, -0.2) is 32.4 Å². The van der Waals surface area contributed by atoms with Crippen LogP contribution < -0.4 is 0 Å². The molecule has 0 radical (unpaired) electrons. The number of nitrogens with zero attached hydrogens (tertiary/aromatic N) is 4. The highest BCUT2D eigenvalue weighted by Gasteiger charge is 2.10. The lowest BCUT2D eigenvalue weighted by molar-refractivity contribution is -0.144. The molecule has 6 nitrogen and oxygen atoms in total. The smallest absolute Gasteiger partial charge is 0.320 e. The summed E-state index contributed by atoms with van der Waals surface area (Å²) in [4.78, 5) is 25.0. The molecule has 8 heteroatoms. The van der Waals surface area contributed by atoms with E-state index in [2.05, 4.69) is 28.8 Å². The molecule has 31 heavy (non-hydrogen) atoms. The van der Waals surface area contributed by atoms with Crippen LogP contribution in [0, 0.1) is 11.3 Å². The van der Waals surface area contributed by atoms with Gasteiger partial charge in [0.05, 0.1) is 6.07 Å². The van der Waals surface area contributed by atoms with Crippen molar-refractivity contribution < 1.29 is 9.53 Å². The van der Waals surface area contributed by atoms with Gasteiger partial charge in [0.25, 0.3) is 0 Å². The standard InChI is InChI=1S/C23H38N4O2S2/c1-3-5-7-9-11-13-17-30-22-25-20(19-29-21(28)15-16-24)26-23(27-22)31-18-14-12-10-8-6-4-2/h3-15,17-19H2,1-2H3. The SMILES string of the molecule is CCCCCCCCSc1nc(COC(=O)CC#N)nc(SCCCCCCCC)n1. The summed E-state index contributed by atoms with van der Waals surface area (Å²) in [5.41, 5.74) is 0. The molecular formula is C23H38N4O2S2. The number of carbonyl (C=O) groups excluding carboxylic acids is 1. The van der Waals surface area contributed by atoms with Gasteiger partial charge in [0, 0.05) is 11.5 Å². The molecule has 0 bridgehead atoms. The highest BCUT2D eigenvalue weighted by molar-refractivity contribution is 7.99. The van der Waals surface area contributed by atoms with Crippen LogP contribution in [0.4, 0.5) is 0 Å². The zero-order valence-electron chi connectivity index (χ0n) is 19.2. The molecule has 1 aromatic rings. The van der Waals surface area contributed by atoms with Crippen molar-refractivity contribution in [2.24, 2.45) is 0 Å².